The Hall–Kier alpha value is -2.69. The van der Waals surface area contributed by atoms with Crippen molar-refractivity contribution >= 4 is 22.5 Å². The molecule has 0 spiro atoms. The molecule has 0 aliphatic heterocycles. The number of nitrogens with one attached hydrogen (secondary N) is 1. The molecule has 5 heteroatoms. The van der Waals surface area contributed by atoms with E-state index in [2.05, 4.69) is 10.3 Å². The second kappa shape index (κ2) is 6.43. The van der Waals surface area contributed by atoms with Gasteiger partial charge in [-0.3, -0.25) is 14.3 Å². The quantitative estimate of drug-likeness (QED) is 0.791. The minimum Gasteiger partial charge on any atom is -0.324 e. The van der Waals surface area contributed by atoms with Crippen LogP contribution < -0.4 is 10.9 Å². The zero-order valence-corrected chi connectivity index (χ0v) is 13.5. The van der Waals surface area contributed by atoms with Crippen LogP contribution in [0.1, 0.15) is 38.1 Å². The smallest absolute Gasteiger partial charge is 0.263 e. The van der Waals surface area contributed by atoms with E-state index in [0.717, 1.165) is 36.9 Å². The molecule has 0 radical (unpaired) electrons. The molecular weight excluding hydrogens is 300 g/mol. The number of nitrogens with zero attached hydrogens (tertiary/aromatic N) is 3. The Morgan fingerprint density at radius 3 is 2.67 bits per heavy atom. The first-order valence-corrected chi connectivity index (χ1v) is 8.51. The number of pyridine rings is 1. The molecule has 0 bridgehead atoms. The maximum Gasteiger partial charge on any atom is 0.263 e. The van der Waals surface area contributed by atoms with Crippen molar-refractivity contribution in [2.45, 2.75) is 38.1 Å². The lowest BCUT2D eigenvalue weighted by molar-refractivity contribution is 0.349. The maximum absolute atomic E-state index is 13.1. The van der Waals surface area contributed by atoms with E-state index in [-0.39, 0.29) is 11.6 Å². The standard InChI is InChI=1S/C19H20N4O/c24-18-16-10-4-5-11-17(16)22-19(21-14-7-6-12-20-13-14)23(18)15-8-2-1-3-9-15/h4-7,10-13,15H,1-3,8-9H2,(H,21,22). The lowest BCUT2D eigenvalue weighted by Crippen LogP contribution is -2.29. The molecule has 24 heavy (non-hydrogen) atoms. The predicted octanol–water partition coefficient (Wildman–Crippen LogP) is 4.04. The summed E-state index contributed by atoms with van der Waals surface area (Å²) in [7, 11) is 0. The fourth-order valence-corrected chi connectivity index (χ4v) is 3.48. The van der Waals surface area contributed by atoms with Crippen LogP contribution in [0.2, 0.25) is 0 Å². The zero-order chi connectivity index (χ0) is 16.4. The number of hydrogen-bond donors (Lipinski definition) is 1. The van der Waals surface area contributed by atoms with Crippen molar-refractivity contribution in [2.24, 2.45) is 0 Å². The molecule has 1 aliphatic carbocycles. The average Bonchev–Trinajstić information content (AvgIpc) is 2.64. The first-order chi connectivity index (χ1) is 11.8. The van der Waals surface area contributed by atoms with E-state index in [4.69, 9.17) is 4.98 Å². The highest BCUT2D eigenvalue weighted by molar-refractivity contribution is 5.79. The summed E-state index contributed by atoms with van der Waals surface area (Å²) >= 11 is 0. The van der Waals surface area contributed by atoms with Crippen LogP contribution in [0.4, 0.5) is 11.6 Å². The van der Waals surface area contributed by atoms with Gasteiger partial charge in [0, 0.05) is 12.2 Å². The van der Waals surface area contributed by atoms with Gasteiger partial charge in [-0.1, -0.05) is 31.4 Å². The number of hydrogen-bond acceptors (Lipinski definition) is 4. The van der Waals surface area contributed by atoms with Gasteiger partial charge in [-0.05, 0) is 37.1 Å². The molecule has 0 saturated heterocycles. The molecule has 0 unspecified atom stereocenters. The molecule has 0 amide bonds. The number of para-hydroxylation sites is 1. The fourth-order valence-electron chi connectivity index (χ4n) is 3.48. The lowest BCUT2D eigenvalue weighted by atomic mass is 9.95. The largest absolute Gasteiger partial charge is 0.324 e. The van der Waals surface area contributed by atoms with Crippen molar-refractivity contribution in [3.8, 4) is 0 Å². The van der Waals surface area contributed by atoms with E-state index in [1.807, 2.05) is 41.0 Å². The summed E-state index contributed by atoms with van der Waals surface area (Å²) in [4.78, 5) is 22.0. The van der Waals surface area contributed by atoms with Gasteiger partial charge in [0.15, 0.2) is 0 Å². The summed E-state index contributed by atoms with van der Waals surface area (Å²) in [6, 6.07) is 11.6. The summed E-state index contributed by atoms with van der Waals surface area (Å²) in [6.45, 7) is 0. The highest BCUT2D eigenvalue weighted by atomic mass is 16.1. The van der Waals surface area contributed by atoms with Crippen molar-refractivity contribution in [1.82, 2.24) is 14.5 Å². The van der Waals surface area contributed by atoms with Crippen molar-refractivity contribution in [2.75, 3.05) is 5.32 Å². The SMILES string of the molecule is O=c1c2ccccc2nc(Nc2cccnc2)n1C1CCCCC1. The fraction of sp³-hybridized carbons (Fsp3) is 0.316. The monoisotopic (exact) mass is 320 g/mol. The van der Waals surface area contributed by atoms with Crippen LogP contribution in [-0.4, -0.2) is 14.5 Å². The van der Waals surface area contributed by atoms with Gasteiger partial charge in [-0.25, -0.2) is 4.98 Å². The van der Waals surface area contributed by atoms with Gasteiger partial charge in [0.25, 0.3) is 5.56 Å². The van der Waals surface area contributed by atoms with Crippen molar-refractivity contribution in [1.29, 1.82) is 0 Å². The predicted molar refractivity (Wildman–Crippen MR) is 95.6 cm³/mol. The van der Waals surface area contributed by atoms with Crippen LogP contribution in [-0.2, 0) is 0 Å². The number of rotatable bonds is 3. The molecule has 1 fully saturated rings. The Kier molecular flexibility index (Phi) is 3.99. The number of aromatic nitrogens is 3. The van der Waals surface area contributed by atoms with Gasteiger partial charge in [0.05, 0.1) is 22.8 Å². The third-order valence-electron chi connectivity index (χ3n) is 4.67. The second-order valence-corrected chi connectivity index (χ2v) is 6.29. The second-order valence-electron chi connectivity index (χ2n) is 6.29. The Morgan fingerprint density at radius 2 is 1.88 bits per heavy atom. The van der Waals surface area contributed by atoms with E-state index < -0.39 is 0 Å². The van der Waals surface area contributed by atoms with Crippen LogP contribution in [0.3, 0.4) is 0 Å². The summed E-state index contributed by atoms with van der Waals surface area (Å²) in [6.07, 6.45) is 9.10. The van der Waals surface area contributed by atoms with Crippen LogP contribution >= 0.6 is 0 Å². The molecule has 3 aromatic rings. The maximum atomic E-state index is 13.1. The van der Waals surface area contributed by atoms with Crippen LogP contribution in [0.25, 0.3) is 10.9 Å². The first kappa shape index (κ1) is 14.9. The Bertz CT molecular complexity index is 898. The van der Waals surface area contributed by atoms with Gasteiger partial charge >= 0.3 is 0 Å². The molecular formula is C19H20N4O. The van der Waals surface area contributed by atoms with Crippen molar-refractivity contribution < 1.29 is 0 Å². The third kappa shape index (κ3) is 2.77. The molecule has 0 atom stereocenters. The molecule has 1 aliphatic rings. The molecule has 4 rings (SSSR count). The Labute approximate surface area is 140 Å². The highest BCUT2D eigenvalue weighted by Gasteiger charge is 2.21. The lowest BCUT2D eigenvalue weighted by Gasteiger charge is -2.26. The molecule has 122 valence electrons. The minimum atomic E-state index is 0.0406. The number of anilines is 2. The van der Waals surface area contributed by atoms with Gasteiger partial charge in [-0.2, -0.15) is 0 Å². The van der Waals surface area contributed by atoms with Crippen LogP contribution in [0.15, 0.2) is 53.6 Å². The number of benzene rings is 1. The number of fused-ring (bicyclic) bond motifs is 1. The van der Waals surface area contributed by atoms with Crippen molar-refractivity contribution in [3.63, 3.8) is 0 Å². The Morgan fingerprint density at radius 1 is 1.04 bits per heavy atom. The summed E-state index contributed by atoms with van der Waals surface area (Å²) < 4.78 is 1.86. The topological polar surface area (TPSA) is 59.8 Å². The van der Waals surface area contributed by atoms with Crippen LogP contribution in [0, 0.1) is 0 Å². The van der Waals surface area contributed by atoms with E-state index in [0.29, 0.717) is 11.3 Å². The molecule has 1 saturated carbocycles. The summed E-state index contributed by atoms with van der Waals surface area (Å²) in [5.74, 6) is 0.610. The highest BCUT2D eigenvalue weighted by Crippen LogP contribution is 2.30. The molecule has 1 aromatic carbocycles. The van der Waals surface area contributed by atoms with Gasteiger partial charge in [0.2, 0.25) is 5.95 Å². The normalized spacial score (nSPS) is 15.5. The summed E-state index contributed by atoms with van der Waals surface area (Å²) in [5.41, 5.74) is 1.60. The van der Waals surface area contributed by atoms with Gasteiger partial charge < -0.3 is 5.32 Å². The molecule has 2 aromatic heterocycles. The van der Waals surface area contributed by atoms with Gasteiger partial charge in [0.1, 0.15) is 0 Å². The molecule has 2 heterocycles. The van der Waals surface area contributed by atoms with E-state index in [1.54, 1.807) is 12.4 Å². The molecule has 1 N–H and O–H groups in total. The zero-order valence-electron chi connectivity index (χ0n) is 13.5. The minimum absolute atomic E-state index is 0.0406. The Balaban J connectivity index is 1.87. The third-order valence-corrected chi connectivity index (χ3v) is 4.67. The average molecular weight is 320 g/mol. The van der Waals surface area contributed by atoms with E-state index in [1.165, 1.54) is 6.42 Å². The van der Waals surface area contributed by atoms with Crippen LogP contribution in [0.5, 0.6) is 0 Å². The summed E-state index contributed by atoms with van der Waals surface area (Å²) in [5, 5.41) is 3.97. The first-order valence-electron chi connectivity index (χ1n) is 8.51. The molecule has 5 nitrogen and oxygen atoms in total. The van der Waals surface area contributed by atoms with Crippen molar-refractivity contribution in [3.05, 3.63) is 59.1 Å². The van der Waals surface area contributed by atoms with E-state index in [9.17, 15) is 4.79 Å². The van der Waals surface area contributed by atoms with E-state index >= 15 is 0 Å². The van der Waals surface area contributed by atoms with Gasteiger partial charge in [-0.15, -0.1) is 0 Å².